The van der Waals surface area contributed by atoms with Crippen LogP contribution in [0.3, 0.4) is 0 Å². The Morgan fingerprint density at radius 2 is 2.09 bits per heavy atom. The molecule has 2 atom stereocenters. The summed E-state index contributed by atoms with van der Waals surface area (Å²) in [4.78, 5) is 36.8. The van der Waals surface area contributed by atoms with Crippen molar-refractivity contribution in [3.05, 3.63) is 29.8 Å². The number of esters is 1. The van der Waals surface area contributed by atoms with Crippen LogP contribution in [-0.4, -0.2) is 30.4 Å². The van der Waals surface area contributed by atoms with Crippen molar-refractivity contribution in [2.75, 3.05) is 11.4 Å². The van der Waals surface area contributed by atoms with Crippen LogP contribution >= 0.6 is 0 Å². The van der Waals surface area contributed by atoms with E-state index in [0.29, 0.717) is 0 Å². The third kappa shape index (κ3) is 3.27. The molecule has 0 spiro atoms. The van der Waals surface area contributed by atoms with E-state index in [2.05, 4.69) is 0 Å². The van der Waals surface area contributed by atoms with Gasteiger partial charge in [0.1, 0.15) is 0 Å². The molecular formula is C16H20N2O4. The van der Waals surface area contributed by atoms with Crippen LogP contribution in [0.15, 0.2) is 24.3 Å². The van der Waals surface area contributed by atoms with Crippen LogP contribution in [0.5, 0.6) is 0 Å². The highest BCUT2D eigenvalue weighted by Gasteiger charge is 2.37. The normalized spacial score (nSPS) is 19.1. The largest absolute Gasteiger partial charge is 0.452 e. The van der Waals surface area contributed by atoms with Gasteiger partial charge in [-0.15, -0.1) is 0 Å². The molecule has 6 nitrogen and oxygen atoms in total. The zero-order valence-corrected chi connectivity index (χ0v) is 12.7. The van der Waals surface area contributed by atoms with Gasteiger partial charge in [-0.3, -0.25) is 14.4 Å². The third-order valence-electron chi connectivity index (χ3n) is 3.82. The molecule has 1 saturated heterocycles. The second-order valence-corrected chi connectivity index (χ2v) is 5.37. The number of carbonyl (C=O) groups is 3. The van der Waals surface area contributed by atoms with E-state index in [-0.39, 0.29) is 18.9 Å². The molecule has 1 aromatic rings. The van der Waals surface area contributed by atoms with Crippen molar-refractivity contribution in [1.29, 1.82) is 0 Å². The van der Waals surface area contributed by atoms with E-state index in [4.69, 9.17) is 10.5 Å². The van der Waals surface area contributed by atoms with Crippen molar-refractivity contribution >= 4 is 23.5 Å². The van der Waals surface area contributed by atoms with Crippen molar-refractivity contribution in [2.45, 2.75) is 32.8 Å². The first-order chi connectivity index (χ1) is 10.4. The molecule has 0 aliphatic carbocycles. The average Bonchev–Trinajstić information content (AvgIpc) is 2.88. The van der Waals surface area contributed by atoms with Crippen molar-refractivity contribution in [1.82, 2.24) is 0 Å². The van der Waals surface area contributed by atoms with Gasteiger partial charge in [-0.2, -0.15) is 0 Å². The Kier molecular flexibility index (Phi) is 4.80. The van der Waals surface area contributed by atoms with Gasteiger partial charge >= 0.3 is 5.97 Å². The standard InChI is InChI=1S/C16H20N2O4/c1-3-11-6-4-5-7-13(11)18-9-12(8-14(18)19)16(21)22-10(2)15(17)20/h4-7,10,12H,3,8-9H2,1-2H3,(H2,17,20)/t10-,12-/m0/s1. The number of ether oxygens (including phenoxy) is 1. The summed E-state index contributed by atoms with van der Waals surface area (Å²) in [5.74, 6) is -1.95. The molecule has 22 heavy (non-hydrogen) atoms. The molecule has 0 saturated carbocycles. The molecule has 0 unspecified atom stereocenters. The highest BCUT2D eigenvalue weighted by molar-refractivity contribution is 6.00. The van der Waals surface area contributed by atoms with Crippen molar-refractivity contribution < 1.29 is 19.1 Å². The van der Waals surface area contributed by atoms with Gasteiger partial charge in [0.05, 0.1) is 5.92 Å². The molecule has 0 radical (unpaired) electrons. The lowest BCUT2D eigenvalue weighted by atomic mass is 10.1. The third-order valence-corrected chi connectivity index (χ3v) is 3.82. The van der Waals surface area contributed by atoms with Crippen molar-refractivity contribution in [3.8, 4) is 0 Å². The van der Waals surface area contributed by atoms with Gasteiger partial charge in [0.25, 0.3) is 5.91 Å². The molecule has 0 bridgehead atoms. The number of nitrogens with two attached hydrogens (primary N) is 1. The number of benzene rings is 1. The number of amides is 2. The second kappa shape index (κ2) is 6.60. The minimum absolute atomic E-state index is 0.0857. The summed E-state index contributed by atoms with van der Waals surface area (Å²) in [6.07, 6.45) is -0.101. The topological polar surface area (TPSA) is 89.7 Å². The lowest BCUT2D eigenvalue weighted by Crippen LogP contribution is -2.33. The monoisotopic (exact) mass is 304 g/mol. The number of anilines is 1. The Morgan fingerprint density at radius 3 is 2.73 bits per heavy atom. The van der Waals surface area contributed by atoms with E-state index < -0.39 is 23.9 Å². The molecule has 118 valence electrons. The number of hydrogen-bond donors (Lipinski definition) is 1. The number of nitrogens with zero attached hydrogens (tertiary/aromatic N) is 1. The second-order valence-electron chi connectivity index (χ2n) is 5.37. The molecule has 1 heterocycles. The van der Waals surface area contributed by atoms with Gasteiger partial charge in [0, 0.05) is 18.7 Å². The fourth-order valence-electron chi connectivity index (χ4n) is 2.50. The van der Waals surface area contributed by atoms with Gasteiger partial charge in [-0.05, 0) is 25.0 Å². The Labute approximate surface area is 129 Å². The molecule has 1 aliphatic heterocycles. The number of para-hydroxylation sites is 1. The quantitative estimate of drug-likeness (QED) is 0.822. The molecule has 2 amide bonds. The molecule has 2 N–H and O–H groups in total. The van der Waals surface area contributed by atoms with Crippen LogP contribution in [0.25, 0.3) is 0 Å². The molecule has 1 aliphatic rings. The zero-order chi connectivity index (χ0) is 16.3. The summed E-state index contributed by atoms with van der Waals surface area (Å²) >= 11 is 0. The molecular weight excluding hydrogens is 284 g/mol. The minimum Gasteiger partial charge on any atom is -0.452 e. The Morgan fingerprint density at radius 1 is 1.41 bits per heavy atom. The zero-order valence-electron chi connectivity index (χ0n) is 12.7. The van der Waals surface area contributed by atoms with Gasteiger partial charge in [0.2, 0.25) is 5.91 Å². The van der Waals surface area contributed by atoms with E-state index in [1.807, 2.05) is 31.2 Å². The number of primary amides is 1. The maximum absolute atomic E-state index is 12.2. The smallest absolute Gasteiger partial charge is 0.312 e. The Bertz CT molecular complexity index is 600. The summed E-state index contributed by atoms with van der Waals surface area (Å²) in [6, 6.07) is 7.62. The van der Waals surface area contributed by atoms with Gasteiger partial charge in [0.15, 0.2) is 6.10 Å². The van der Waals surface area contributed by atoms with E-state index in [1.165, 1.54) is 6.92 Å². The lowest BCUT2D eigenvalue weighted by Gasteiger charge is -2.20. The van der Waals surface area contributed by atoms with Crippen LogP contribution in [0, 0.1) is 5.92 Å². The number of aryl methyl sites for hydroxylation is 1. The van der Waals surface area contributed by atoms with Crippen LogP contribution in [-0.2, 0) is 25.5 Å². The van der Waals surface area contributed by atoms with E-state index in [1.54, 1.807) is 4.90 Å². The van der Waals surface area contributed by atoms with E-state index in [0.717, 1.165) is 17.7 Å². The molecule has 1 fully saturated rings. The molecule has 2 rings (SSSR count). The van der Waals surface area contributed by atoms with Crippen LogP contribution < -0.4 is 10.6 Å². The summed E-state index contributed by atoms with van der Waals surface area (Å²) in [7, 11) is 0. The fourth-order valence-corrected chi connectivity index (χ4v) is 2.50. The first-order valence-corrected chi connectivity index (χ1v) is 7.32. The fraction of sp³-hybridized carbons (Fsp3) is 0.438. The van der Waals surface area contributed by atoms with Gasteiger partial charge < -0.3 is 15.4 Å². The first kappa shape index (κ1) is 16.0. The number of rotatable bonds is 5. The van der Waals surface area contributed by atoms with Gasteiger partial charge in [-0.25, -0.2) is 0 Å². The first-order valence-electron chi connectivity index (χ1n) is 7.32. The summed E-state index contributed by atoms with van der Waals surface area (Å²) < 4.78 is 4.99. The van der Waals surface area contributed by atoms with Crippen LogP contribution in [0.4, 0.5) is 5.69 Å². The number of hydrogen-bond acceptors (Lipinski definition) is 4. The van der Waals surface area contributed by atoms with Crippen LogP contribution in [0.1, 0.15) is 25.8 Å². The SMILES string of the molecule is CCc1ccccc1N1C[C@@H](C(=O)O[C@@H](C)C(N)=O)CC1=O. The molecule has 0 aromatic heterocycles. The summed E-state index contributed by atoms with van der Waals surface area (Å²) in [5, 5.41) is 0. The van der Waals surface area contributed by atoms with E-state index in [9.17, 15) is 14.4 Å². The predicted octanol–water partition coefficient (Wildman–Crippen LogP) is 1.02. The average molecular weight is 304 g/mol. The summed E-state index contributed by atoms with van der Waals surface area (Å²) in [5.41, 5.74) is 6.95. The van der Waals surface area contributed by atoms with Crippen molar-refractivity contribution in [2.24, 2.45) is 11.7 Å². The molecule has 6 heteroatoms. The Balaban J connectivity index is 2.11. The lowest BCUT2D eigenvalue weighted by molar-refractivity contribution is -0.157. The van der Waals surface area contributed by atoms with E-state index >= 15 is 0 Å². The van der Waals surface area contributed by atoms with Gasteiger partial charge in [-0.1, -0.05) is 25.1 Å². The number of carbonyl (C=O) groups excluding carboxylic acids is 3. The minimum atomic E-state index is -0.986. The summed E-state index contributed by atoms with van der Waals surface area (Å²) in [6.45, 7) is 3.70. The maximum Gasteiger partial charge on any atom is 0.312 e. The van der Waals surface area contributed by atoms with Crippen molar-refractivity contribution in [3.63, 3.8) is 0 Å². The highest BCUT2D eigenvalue weighted by atomic mass is 16.5. The maximum atomic E-state index is 12.2. The molecule has 1 aromatic carbocycles. The van der Waals surface area contributed by atoms with Crippen LogP contribution in [0.2, 0.25) is 0 Å². The predicted molar refractivity (Wildman–Crippen MR) is 81.0 cm³/mol. The Hall–Kier alpha value is -2.37. The highest BCUT2D eigenvalue weighted by Crippen LogP contribution is 2.29.